The van der Waals surface area contributed by atoms with Crippen molar-refractivity contribution in [2.24, 2.45) is 0 Å². The van der Waals surface area contributed by atoms with Gasteiger partial charge in [-0.1, -0.05) is 12.1 Å². The zero-order valence-corrected chi connectivity index (χ0v) is 13.6. The quantitative estimate of drug-likeness (QED) is 0.847. The van der Waals surface area contributed by atoms with E-state index in [9.17, 15) is 4.79 Å². The number of hydrogen-bond donors (Lipinski definition) is 2. The third-order valence-electron chi connectivity index (χ3n) is 4.52. The third-order valence-corrected chi connectivity index (χ3v) is 4.52. The van der Waals surface area contributed by atoms with Gasteiger partial charge in [-0.15, -0.1) is 0 Å². The smallest absolute Gasteiger partial charge is 0.335 e. The van der Waals surface area contributed by atoms with E-state index in [1.54, 1.807) is 16.8 Å². The summed E-state index contributed by atoms with van der Waals surface area (Å²) in [5, 5.41) is 22.5. The van der Waals surface area contributed by atoms with Gasteiger partial charge in [0.1, 0.15) is 0 Å². The van der Waals surface area contributed by atoms with Crippen LogP contribution in [0.1, 0.15) is 40.4 Å². The lowest BCUT2D eigenvalue weighted by Gasteiger charge is -2.32. The zero-order valence-electron chi connectivity index (χ0n) is 13.6. The highest BCUT2D eigenvalue weighted by atomic mass is 16.4. The number of nitrogens with zero attached hydrogens (tertiary/aromatic N) is 3. The number of carboxylic acid groups (broad SMARTS) is 1. The van der Waals surface area contributed by atoms with Gasteiger partial charge in [-0.25, -0.2) is 4.79 Å². The minimum Gasteiger partial charge on any atom is -0.478 e. The molecule has 24 heavy (non-hydrogen) atoms. The van der Waals surface area contributed by atoms with E-state index < -0.39 is 5.97 Å². The van der Waals surface area contributed by atoms with Gasteiger partial charge in [-0.3, -0.25) is 9.58 Å². The summed E-state index contributed by atoms with van der Waals surface area (Å²) >= 11 is 0. The Morgan fingerprint density at radius 2 is 2.04 bits per heavy atom. The number of likely N-dealkylation sites (tertiary alicyclic amines) is 1. The molecule has 0 saturated carbocycles. The summed E-state index contributed by atoms with van der Waals surface area (Å²) in [5.41, 5.74) is 2.55. The third kappa shape index (κ3) is 4.01. The Kier molecular flexibility index (Phi) is 5.27. The topological polar surface area (TPSA) is 78.6 Å². The lowest BCUT2D eigenvalue weighted by molar-refractivity contribution is 0.0697. The lowest BCUT2D eigenvalue weighted by atomic mass is 9.94. The minimum atomic E-state index is -0.891. The molecule has 2 heterocycles. The van der Waals surface area contributed by atoms with Gasteiger partial charge in [0, 0.05) is 25.2 Å². The summed E-state index contributed by atoms with van der Waals surface area (Å²) < 4.78 is 1.79. The normalized spacial score (nSPS) is 18.6. The number of aliphatic hydroxyl groups is 1. The number of benzene rings is 1. The van der Waals surface area contributed by atoms with Crippen molar-refractivity contribution in [1.29, 1.82) is 0 Å². The average Bonchev–Trinajstić information content (AvgIpc) is 3.05. The van der Waals surface area contributed by atoms with Gasteiger partial charge < -0.3 is 10.2 Å². The molecule has 1 aromatic heterocycles. The van der Waals surface area contributed by atoms with Crippen LogP contribution in [-0.4, -0.2) is 50.6 Å². The molecule has 1 aliphatic heterocycles. The van der Waals surface area contributed by atoms with E-state index in [1.807, 2.05) is 24.4 Å². The minimum absolute atomic E-state index is 0.101. The van der Waals surface area contributed by atoms with Crippen LogP contribution in [0.5, 0.6) is 0 Å². The summed E-state index contributed by atoms with van der Waals surface area (Å²) in [4.78, 5) is 13.3. The van der Waals surface area contributed by atoms with Gasteiger partial charge in [0.05, 0.1) is 24.4 Å². The second kappa shape index (κ2) is 7.59. The molecular weight excluding hydrogens is 306 g/mol. The Balaban J connectivity index is 1.61. The number of aliphatic hydroxyl groups excluding tert-OH is 1. The maximum absolute atomic E-state index is 10.9. The molecule has 1 aromatic carbocycles. The standard InChI is InChI=1S/C18H23N3O3/c22-11-10-21-9-7-17(19-21)16-2-1-8-20(13-16)12-14-3-5-15(6-4-14)18(23)24/h3-7,9,16,22H,1-2,8,10-13H2,(H,23,24)/t16-/m1/s1. The molecule has 0 amide bonds. The number of aromatic carboxylic acids is 1. The fourth-order valence-electron chi connectivity index (χ4n) is 3.27. The van der Waals surface area contributed by atoms with Crippen molar-refractivity contribution in [2.45, 2.75) is 31.8 Å². The predicted molar refractivity (Wildman–Crippen MR) is 90.0 cm³/mol. The van der Waals surface area contributed by atoms with Gasteiger partial charge in [-0.2, -0.15) is 5.10 Å². The van der Waals surface area contributed by atoms with Gasteiger partial charge in [0.15, 0.2) is 0 Å². The number of carboxylic acids is 1. The first kappa shape index (κ1) is 16.7. The van der Waals surface area contributed by atoms with Crippen molar-refractivity contribution >= 4 is 5.97 Å². The van der Waals surface area contributed by atoms with Crippen molar-refractivity contribution in [2.75, 3.05) is 19.7 Å². The molecule has 2 aromatic rings. The van der Waals surface area contributed by atoms with E-state index in [1.165, 1.54) is 0 Å². The number of piperidine rings is 1. The molecule has 1 aliphatic rings. The van der Waals surface area contributed by atoms with Crippen LogP contribution in [0, 0.1) is 0 Å². The van der Waals surface area contributed by atoms with Crippen LogP contribution in [0.25, 0.3) is 0 Å². The summed E-state index contributed by atoms with van der Waals surface area (Å²) in [5.74, 6) is -0.477. The van der Waals surface area contributed by atoms with Crippen LogP contribution in [0.2, 0.25) is 0 Å². The molecule has 6 heteroatoms. The first-order valence-electron chi connectivity index (χ1n) is 8.34. The SMILES string of the molecule is O=C(O)c1ccc(CN2CCC[C@@H](c3ccn(CCO)n3)C2)cc1. The van der Waals surface area contributed by atoms with E-state index >= 15 is 0 Å². The summed E-state index contributed by atoms with van der Waals surface area (Å²) in [6, 6.07) is 9.16. The van der Waals surface area contributed by atoms with Gasteiger partial charge >= 0.3 is 5.97 Å². The highest BCUT2D eigenvalue weighted by Crippen LogP contribution is 2.26. The molecule has 0 unspecified atom stereocenters. The van der Waals surface area contributed by atoms with Crippen molar-refractivity contribution in [3.05, 3.63) is 53.3 Å². The van der Waals surface area contributed by atoms with Crippen molar-refractivity contribution < 1.29 is 15.0 Å². The van der Waals surface area contributed by atoms with Gasteiger partial charge in [0.25, 0.3) is 0 Å². The maximum atomic E-state index is 10.9. The average molecular weight is 329 g/mol. The Bertz CT molecular complexity index is 681. The van der Waals surface area contributed by atoms with Crippen molar-refractivity contribution in [3.63, 3.8) is 0 Å². The number of aromatic nitrogens is 2. The first-order valence-corrected chi connectivity index (χ1v) is 8.34. The van der Waals surface area contributed by atoms with Crippen LogP contribution >= 0.6 is 0 Å². The zero-order chi connectivity index (χ0) is 16.9. The number of rotatable bonds is 6. The maximum Gasteiger partial charge on any atom is 0.335 e. The van der Waals surface area contributed by atoms with E-state index in [2.05, 4.69) is 10.00 Å². The molecule has 1 saturated heterocycles. The molecule has 6 nitrogen and oxygen atoms in total. The Labute approximate surface area is 141 Å². The van der Waals surface area contributed by atoms with Crippen LogP contribution in [0.3, 0.4) is 0 Å². The monoisotopic (exact) mass is 329 g/mol. The highest BCUT2D eigenvalue weighted by Gasteiger charge is 2.23. The molecule has 128 valence electrons. The lowest BCUT2D eigenvalue weighted by Crippen LogP contribution is -2.34. The summed E-state index contributed by atoms with van der Waals surface area (Å²) in [7, 11) is 0. The summed E-state index contributed by atoms with van der Waals surface area (Å²) in [6.45, 7) is 3.47. The van der Waals surface area contributed by atoms with Crippen molar-refractivity contribution in [3.8, 4) is 0 Å². The molecule has 0 aliphatic carbocycles. The van der Waals surface area contributed by atoms with Crippen LogP contribution < -0.4 is 0 Å². The number of hydrogen-bond acceptors (Lipinski definition) is 4. The van der Waals surface area contributed by atoms with Crippen LogP contribution in [0.15, 0.2) is 36.5 Å². The molecule has 2 N–H and O–H groups in total. The molecule has 0 radical (unpaired) electrons. The molecule has 1 fully saturated rings. The van der Waals surface area contributed by atoms with Crippen LogP contribution in [0.4, 0.5) is 0 Å². The van der Waals surface area contributed by atoms with Crippen molar-refractivity contribution in [1.82, 2.24) is 14.7 Å². The second-order valence-electron chi connectivity index (χ2n) is 6.30. The fraction of sp³-hybridized carbons (Fsp3) is 0.444. The molecule has 0 spiro atoms. The molecule has 1 atom stereocenters. The largest absolute Gasteiger partial charge is 0.478 e. The predicted octanol–water partition coefficient (Wildman–Crippen LogP) is 1.95. The van der Waals surface area contributed by atoms with E-state index in [0.29, 0.717) is 18.0 Å². The molecule has 0 bridgehead atoms. The summed E-state index contributed by atoms with van der Waals surface area (Å²) in [6.07, 6.45) is 4.18. The Morgan fingerprint density at radius 1 is 1.25 bits per heavy atom. The van der Waals surface area contributed by atoms with Crippen LogP contribution in [-0.2, 0) is 13.1 Å². The van der Waals surface area contributed by atoms with E-state index in [-0.39, 0.29) is 6.61 Å². The Hall–Kier alpha value is -2.18. The molecular formula is C18H23N3O3. The molecule has 3 rings (SSSR count). The Morgan fingerprint density at radius 3 is 2.75 bits per heavy atom. The highest BCUT2D eigenvalue weighted by molar-refractivity contribution is 5.87. The van der Waals surface area contributed by atoms with Gasteiger partial charge in [-0.05, 0) is 43.1 Å². The van der Waals surface area contributed by atoms with Gasteiger partial charge in [0.2, 0.25) is 0 Å². The number of carbonyl (C=O) groups is 1. The first-order chi connectivity index (χ1) is 11.7. The van der Waals surface area contributed by atoms with E-state index in [0.717, 1.165) is 43.7 Å². The fourth-order valence-corrected chi connectivity index (χ4v) is 3.27. The van der Waals surface area contributed by atoms with E-state index in [4.69, 9.17) is 10.2 Å². The second-order valence-corrected chi connectivity index (χ2v) is 6.30.